The fraction of sp³-hybridized carbons (Fsp3) is 0.400. The molecule has 0 radical (unpaired) electrons. The lowest BCUT2D eigenvalue weighted by atomic mass is 10.1. The van der Waals surface area contributed by atoms with E-state index in [9.17, 15) is 4.79 Å². The smallest absolute Gasteiger partial charge is 0.337 e. The number of nitrogens with zero attached hydrogens (tertiary/aromatic N) is 2. The van der Waals surface area contributed by atoms with E-state index in [2.05, 4.69) is 28.7 Å². The van der Waals surface area contributed by atoms with Crippen molar-refractivity contribution in [1.29, 1.82) is 0 Å². The third-order valence-electron chi connectivity index (χ3n) is 2.74. The first-order chi connectivity index (χ1) is 10.1. The van der Waals surface area contributed by atoms with E-state index in [4.69, 9.17) is 9.26 Å². The lowest BCUT2D eigenvalue weighted by molar-refractivity contribution is 0.0600. The molecule has 0 bridgehead atoms. The molecule has 0 aliphatic heterocycles. The molecule has 6 heteroatoms. The van der Waals surface area contributed by atoms with Crippen LogP contribution in [0, 0.1) is 5.92 Å². The highest BCUT2D eigenvalue weighted by Crippen LogP contribution is 2.14. The Morgan fingerprint density at radius 1 is 1.29 bits per heavy atom. The fourth-order valence-electron chi connectivity index (χ4n) is 1.75. The molecule has 0 aliphatic rings. The molecule has 0 saturated heterocycles. The maximum absolute atomic E-state index is 11.3. The van der Waals surface area contributed by atoms with Gasteiger partial charge in [-0.3, -0.25) is 0 Å². The Balaban J connectivity index is 1.90. The molecule has 2 aromatic rings. The van der Waals surface area contributed by atoms with Crippen molar-refractivity contribution in [2.45, 2.75) is 26.9 Å². The molecule has 0 unspecified atom stereocenters. The molecule has 6 nitrogen and oxygen atoms in total. The SMILES string of the molecule is COC(=O)c1ccc(OCc2nc(CC(C)C)no2)cc1. The number of benzene rings is 1. The number of hydrogen-bond donors (Lipinski definition) is 0. The van der Waals surface area contributed by atoms with Crippen LogP contribution in [0.3, 0.4) is 0 Å². The average Bonchev–Trinajstić information content (AvgIpc) is 2.91. The van der Waals surface area contributed by atoms with Crippen LogP contribution in [-0.4, -0.2) is 23.2 Å². The molecule has 0 N–H and O–H groups in total. The van der Waals surface area contributed by atoms with Crippen LogP contribution in [-0.2, 0) is 17.8 Å². The van der Waals surface area contributed by atoms with Gasteiger partial charge in [-0.1, -0.05) is 19.0 Å². The van der Waals surface area contributed by atoms with Crippen molar-refractivity contribution < 1.29 is 18.8 Å². The Kier molecular flexibility index (Phi) is 4.92. The quantitative estimate of drug-likeness (QED) is 0.761. The number of ether oxygens (including phenoxy) is 2. The van der Waals surface area contributed by atoms with Gasteiger partial charge in [-0.05, 0) is 30.2 Å². The van der Waals surface area contributed by atoms with E-state index in [-0.39, 0.29) is 12.6 Å². The van der Waals surface area contributed by atoms with Crippen LogP contribution < -0.4 is 4.74 Å². The average molecular weight is 290 g/mol. The lowest BCUT2D eigenvalue weighted by Gasteiger charge is -2.04. The van der Waals surface area contributed by atoms with E-state index in [0.717, 1.165) is 6.42 Å². The number of methoxy groups -OCH3 is 1. The summed E-state index contributed by atoms with van der Waals surface area (Å²) in [5, 5.41) is 3.89. The lowest BCUT2D eigenvalue weighted by Crippen LogP contribution is -2.01. The first-order valence-corrected chi connectivity index (χ1v) is 6.71. The largest absolute Gasteiger partial charge is 0.484 e. The first-order valence-electron chi connectivity index (χ1n) is 6.71. The van der Waals surface area contributed by atoms with Crippen LogP contribution in [0.25, 0.3) is 0 Å². The molecular weight excluding hydrogens is 272 g/mol. The second-order valence-corrected chi connectivity index (χ2v) is 5.01. The summed E-state index contributed by atoms with van der Waals surface area (Å²) in [5.74, 6) is 1.83. The zero-order valence-corrected chi connectivity index (χ0v) is 12.3. The predicted molar refractivity (Wildman–Crippen MR) is 75.0 cm³/mol. The van der Waals surface area contributed by atoms with Gasteiger partial charge in [0.2, 0.25) is 0 Å². The highest BCUT2D eigenvalue weighted by Gasteiger charge is 2.09. The van der Waals surface area contributed by atoms with E-state index in [0.29, 0.717) is 28.9 Å². The minimum absolute atomic E-state index is 0.197. The first kappa shape index (κ1) is 15.0. The van der Waals surface area contributed by atoms with Gasteiger partial charge in [-0.2, -0.15) is 4.98 Å². The van der Waals surface area contributed by atoms with Crippen molar-refractivity contribution in [3.8, 4) is 5.75 Å². The molecule has 1 aromatic carbocycles. The highest BCUT2D eigenvalue weighted by molar-refractivity contribution is 5.89. The molecule has 0 fully saturated rings. The van der Waals surface area contributed by atoms with Gasteiger partial charge in [-0.25, -0.2) is 4.79 Å². The van der Waals surface area contributed by atoms with E-state index >= 15 is 0 Å². The molecule has 112 valence electrons. The normalized spacial score (nSPS) is 10.7. The molecule has 0 saturated carbocycles. The van der Waals surface area contributed by atoms with Crippen molar-refractivity contribution in [3.05, 3.63) is 41.5 Å². The second-order valence-electron chi connectivity index (χ2n) is 5.01. The van der Waals surface area contributed by atoms with E-state index in [1.807, 2.05) is 0 Å². The summed E-state index contributed by atoms with van der Waals surface area (Å²) in [6, 6.07) is 6.66. The van der Waals surface area contributed by atoms with Crippen molar-refractivity contribution >= 4 is 5.97 Å². The van der Waals surface area contributed by atoms with Gasteiger partial charge in [0.1, 0.15) is 5.75 Å². The van der Waals surface area contributed by atoms with Gasteiger partial charge in [0.15, 0.2) is 12.4 Å². The number of esters is 1. The number of aromatic nitrogens is 2. The van der Waals surface area contributed by atoms with Crippen molar-refractivity contribution in [1.82, 2.24) is 10.1 Å². The Morgan fingerprint density at radius 3 is 2.62 bits per heavy atom. The maximum Gasteiger partial charge on any atom is 0.337 e. The topological polar surface area (TPSA) is 74.5 Å². The summed E-state index contributed by atoms with van der Waals surface area (Å²) in [7, 11) is 1.34. The molecule has 0 aliphatic carbocycles. The minimum Gasteiger partial charge on any atom is -0.484 e. The monoisotopic (exact) mass is 290 g/mol. The molecule has 2 rings (SSSR count). The van der Waals surface area contributed by atoms with Gasteiger partial charge in [0, 0.05) is 6.42 Å². The minimum atomic E-state index is -0.378. The summed E-state index contributed by atoms with van der Waals surface area (Å²) in [4.78, 5) is 15.5. The summed E-state index contributed by atoms with van der Waals surface area (Å²) in [6.45, 7) is 4.38. The van der Waals surface area contributed by atoms with E-state index in [1.165, 1.54) is 7.11 Å². The zero-order valence-electron chi connectivity index (χ0n) is 12.3. The molecule has 1 heterocycles. The van der Waals surface area contributed by atoms with E-state index in [1.54, 1.807) is 24.3 Å². The van der Waals surface area contributed by atoms with Crippen molar-refractivity contribution in [3.63, 3.8) is 0 Å². The van der Waals surface area contributed by atoms with Crippen molar-refractivity contribution in [2.24, 2.45) is 5.92 Å². The maximum atomic E-state index is 11.3. The summed E-state index contributed by atoms with van der Waals surface area (Å²) >= 11 is 0. The van der Waals surface area contributed by atoms with Crippen molar-refractivity contribution in [2.75, 3.05) is 7.11 Å². The number of hydrogen-bond acceptors (Lipinski definition) is 6. The summed E-state index contributed by atoms with van der Waals surface area (Å²) in [6.07, 6.45) is 0.775. The van der Waals surface area contributed by atoms with Crippen LogP contribution in [0.4, 0.5) is 0 Å². The standard InChI is InChI=1S/C15H18N2O4/c1-10(2)8-13-16-14(21-17-13)9-20-12-6-4-11(5-7-12)15(18)19-3/h4-7,10H,8-9H2,1-3H3. The fourth-order valence-corrected chi connectivity index (χ4v) is 1.75. The Labute approximate surface area is 123 Å². The molecule has 1 aromatic heterocycles. The van der Waals surface area contributed by atoms with Crippen LogP contribution in [0.15, 0.2) is 28.8 Å². The van der Waals surface area contributed by atoms with Gasteiger partial charge in [-0.15, -0.1) is 0 Å². The highest BCUT2D eigenvalue weighted by atomic mass is 16.5. The number of carbonyl (C=O) groups excluding carboxylic acids is 1. The molecule has 0 atom stereocenters. The summed E-state index contributed by atoms with van der Waals surface area (Å²) < 4.78 is 15.3. The Morgan fingerprint density at radius 2 is 2.00 bits per heavy atom. The molecular formula is C15H18N2O4. The molecule has 0 amide bonds. The van der Waals surface area contributed by atoms with Gasteiger partial charge in [0.25, 0.3) is 5.89 Å². The number of carbonyl (C=O) groups is 1. The Bertz CT molecular complexity index is 590. The third-order valence-corrected chi connectivity index (χ3v) is 2.74. The summed E-state index contributed by atoms with van der Waals surface area (Å²) in [5.41, 5.74) is 0.474. The molecule has 0 spiro atoms. The Hall–Kier alpha value is -2.37. The predicted octanol–water partition coefficient (Wildman–Crippen LogP) is 2.63. The second kappa shape index (κ2) is 6.88. The van der Waals surface area contributed by atoms with Crippen LogP contribution in [0.2, 0.25) is 0 Å². The van der Waals surface area contributed by atoms with Gasteiger partial charge >= 0.3 is 5.97 Å². The van der Waals surface area contributed by atoms with E-state index < -0.39 is 0 Å². The van der Waals surface area contributed by atoms with Crippen LogP contribution >= 0.6 is 0 Å². The van der Waals surface area contributed by atoms with Gasteiger partial charge < -0.3 is 14.0 Å². The number of rotatable bonds is 6. The third kappa shape index (κ3) is 4.30. The van der Waals surface area contributed by atoms with Gasteiger partial charge in [0.05, 0.1) is 12.7 Å². The van der Waals surface area contributed by atoms with Crippen LogP contribution in [0.1, 0.15) is 35.9 Å². The zero-order chi connectivity index (χ0) is 15.2. The van der Waals surface area contributed by atoms with Crippen LogP contribution in [0.5, 0.6) is 5.75 Å². The molecule has 21 heavy (non-hydrogen) atoms.